The average molecular weight is 491 g/mol. The van der Waals surface area contributed by atoms with Crippen molar-refractivity contribution in [1.29, 1.82) is 0 Å². The summed E-state index contributed by atoms with van der Waals surface area (Å²) in [5.74, 6) is 0.549. The molecule has 0 radical (unpaired) electrons. The number of benzene rings is 2. The van der Waals surface area contributed by atoms with Gasteiger partial charge in [0.1, 0.15) is 0 Å². The predicted octanol–water partition coefficient (Wildman–Crippen LogP) is 12.4. The van der Waals surface area contributed by atoms with E-state index < -0.39 is 0 Å². The van der Waals surface area contributed by atoms with Crippen LogP contribution in [-0.4, -0.2) is 0 Å². The average Bonchev–Trinajstić information content (AvgIpc) is 2.92. The van der Waals surface area contributed by atoms with Crippen molar-refractivity contribution in [2.24, 2.45) is 0 Å². The SMILES string of the molecule is CCCCCCCCCCCCCCCCCCCCCCCC(c1ccccc1)c1ccccc1. The highest BCUT2D eigenvalue weighted by Crippen LogP contribution is 2.30. The Hall–Kier alpha value is -1.56. The van der Waals surface area contributed by atoms with E-state index in [1.165, 1.54) is 152 Å². The molecule has 0 saturated carbocycles. The first kappa shape index (κ1) is 30.7. The highest BCUT2D eigenvalue weighted by molar-refractivity contribution is 5.32. The molecule has 0 aliphatic heterocycles. The molecule has 0 aliphatic carbocycles. The van der Waals surface area contributed by atoms with Gasteiger partial charge in [-0.15, -0.1) is 0 Å². The molecule has 0 heterocycles. The van der Waals surface area contributed by atoms with Crippen molar-refractivity contribution >= 4 is 0 Å². The summed E-state index contributed by atoms with van der Waals surface area (Å²) in [6, 6.07) is 22.2. The zero-order chi connectivity index (χ0) is 25.4. The lowest BCUT2D eigenvalue weighted by atomic mass is 9.87. The molecule has 0 saturated heterocycles. The van der Waals surface area contributed by atoms with Gasteiger partial charge in [-0.2, -0.15) is 0 Å². The van der Waals surface area contributed by atoms with Crippen molar-refractivity contribution in [3.63, 3.8) is 0 Å². The normalized spacial score (nSPS) is 11.4. The van der Waals surface area contributed by atoms with Crippen molar-refractivity contribution in [3.8, 4) is 0 Å². The third-order valence-corrected chi connectivity index (χ3v) is 8.00. The second-order valence-corrected chi connectivity index (χ2v) is 11.2. The molecule has 0 unspecified atom stereocenters. The fourth-order valence-electron chi connectivity index (χ4n) is 5.68. The van der Waals surface area contributed by atoms with Crippen LogP contribution in [0.1, 0.15) is 165 Å². The summed E-state index contributed by atoms with van der Waals surface area (Å²) in [4.78, 5) is 0. The van der Waals surface area contributed by atoms with Gasteiger partial charge in [-0.3, -0.25) is 0 Å². The Morgan fingerprint density at radius 2 is 0.639 bits per heavy atom. The minimum atomic E-state index is 0.549. The van der Waals surface area contributed by atoms with E-state index in [0.29, 0.717) is 5.92 Å². The summed E-state index contributed by atoms with van der Waals surface area (Å²) >= 11 is 0. The highest BCUT2D eigenvalue weighted by Gasteiger charge is 2.13. The van der Waals surface area contributed by atoms with Crippen molar-refractivity contribution in [1.82, 2.24) is 0 Å². The Labute approximate surface area is 225 Å². The fraction of sp³-hybridized carbons (Fsp3) is 0.667. The van der Waals surface area contributed by atoms with Gasteiger partial charge in [0.25, 0.3) is 0 Å². The van der Waals surface area contributed by atoms with Gasteiger partial charge < -0.3 is 0 Å². The van der Waals surface area contributed by atoms with Crippen LogP contribution in [0.2, 0.25) is 0 Å². The molecule has 0 heteroatoms. The monoisotopic (exact) mass is 490 g/mol. The van der Waals surface area contributed by atoms with E-state index in [9.17, 15) is 0 Å². The van der Waals surface area contributed by atoms with Crippen LogP contribution >= 0.6 is 0 Å². The van der Waals surface area contributed by atoms with Gasteiger partial charge in [0, 0.05) is 5.92 Å². The molecule has 0 nitrogen and oxygen atoms in total. The topological polar surface area (TPSA) is 0 Å². The number of hydrogen-bond donors (Lipinski definition) is 0. The van der Waals surface area contributed by atoms with Gasteiger partial charge in [-0.1, -0.05) is 202 Å². The molecule has 2 rings (SSSR count). The third-order valence-electron chi connectivity index (χ3n) is 8.00. The van der Waals surface area contributed by atoms with E-state index in [-0.39, 0.29) is 0 Å². The van der Waals surface area contributed by atoms with Crippen molar-refractivity contribution in [3.05, 3.63) is 71.8 Å². The summed E-state index contributed by atoms with van der Waals surface area (Å²) in [6.07, 6.45) is 31.7. The molecule has 0 N–H and O–H groups in total. The molecular formula is C36H58. The van der Waals surface area contributed by atoms with Crippen LogP contribution in [0.15, 0.2) is 60.7 Å². The molecule has 202 valence electrons. The lowest BCUT2D eigenvalue weighted by molar-refractivity contribution is 0.517. The third kappa shape index (κ3) is 15.5. The first-order valence-electron chi connectivity index (χ1n) is 16.0. The quantitative estimate of drug-likeness (QED) is 0.128. The van der Waals surface area contributed by atoms with Crippen molar-refractivity contribution in [2.75, 3.05) is 0 Å². The Bertz CT molecular complexity index is 649. The molecule has 0 spiro atoms. The maximum atomic E-state index is 2.30. The first-order valence-corrected chi connectivity index (χ1v) is 16.0. The van der Waals surface area contributed by atoms with Gasteiger partial charge in [0.15, 0.2) is 0 Å². The van der Waals surface area contributed by atoms with Gasteiger partial charge >= 0.3 is 0 Å². The zero-order valence-electron chi connectivity index (χ0n) is 23.9. The van der Waals surface area contributed by atoms with E-state index in [0.717, 1.165) is 0 Å². The minimum Gasteiger partial charge on any atom is -0.0654 e. The molecule has 0 amide bonds. The Morgan fingerprint density at radius 1 is 0.361 bits per heavy atom. The summed E-state index contributed by atoms with van der Waals surface area (Å²) in [5.41, 5.74) is 2.94. The van der Waals surface area contributed by atoms with Crippen LogP contribution in [0.25, 0.3) is 0 Å². The van der Waals surface area contributed by atoms with Crippen LogP contribution in [0.5, 0.6) is 0 Å². The van der Waals surface area contributed by atoms with Crippen LogP contribution in [0.4, 0.5) is 0 Å². The molecule has 0 bridgehead atoms. The molecule has 0 aliphatic rings. The van der Waals surface area contributed by atoms with E-state index >= 15 is 0 Å². The van der Waals surface area contributed by atoms with E-state index in [2.05, 4.69) is 67.6 Å². The summed E-state index contributed by atoms with van der Waals surface area (Å²) < 4.78 is 0. The van der Waals surface area contributed by atoms with Gasteiger partial charge in [0.05, 0.1) is 0 Å². The summed E-state index contributed by atoms with van der Waals surface area (Å²) in [7, 11) is 0. The van der Waals surface area contributed by atoms with E-state index in [1.54, 1.807) is 0 Å². The van der Waals surface area contributed by atoms with Crippen LogP contribution in [0.3, 0.4) is 0 Å². The standard InChI is InChI=1S/C36H58/c1-2-3-4-5-6-7-8-9-10-11-12-13-14-15-16-17-18-19-20-21-28-33-36(34-29-24-22-25-30-34)35-31-26-23-27-32-35/h22-27,29-32,36H,2-21,28,33H2,1H3. The zero-order valence-corrected chi connectivity index (χ0v) is 23.9. The maximum absolute atomic E-state index is 2.30. The molecule has 36 heavy (non-hydrogen) atoms. The number of unbranched alkanes of at least 4 members (excludes halogenated alkanes) is 20. The van der Waals surface area contributed by atoms with Crippen LogP contribution in [0, 0.1) is 0 Å². The minimum absolute atomic E-state index is 0.549. The Morgan fingerprint density at radius 3 is 0.944 bits per heavy atom. The van der Waals surface area contributed by atoms with Gasteiger partial charge in [-0.25, -0.2) is 0 Å². The molecule has 0 atom stereocenters. The van der Waals surface area contributed by atoms with Crippen LogP contribution in [-0.2, 0) is 0 Å². The van der Waals surface area contributed by atoms with Gasteiger partial charge in [0.2, 0.25) is 0 Å². The van der Waals surface area contributed by atoms with E-state index in [1.807, 2.05) is 0 Å². The second kappa shape index (κ2) is 22.6. The largest absolute Gasteiger partial charge is 0.0654 e. The number of hydrogen-bond acceptors (Lipinski definition) is 0. The lowest BCUT2D eigenvalue weighted by Crippen LogP contribution is -2.01. The smallest absolute Gasteiger partial charge is 0.00893 e. The maximum Gasteiger partial charge on any atom is 0.00893 e. The summed E-state index contributed by atoms with van der Waals surface area (Å²) in [5, 5.41) is 0. The lowest BCUT2D eigenvalue weighted by Gasteiger charge is -2.18. The van der Waals surface area contributed by atoms with E-state index in [4.69, 9.17) is 0 Å². The fourth-order valence-corrected chi connectivity index (χ4v) is 5.68. The van der Waals surface area contributed by atoms with Crippen LogP contribution < -0.4 is 0 Å². The summed E-state index contributed by atoms with van der Waals surface area (Å²) in [6.45, 7) is 2.30. The Kier molecular flexibility index (Phi) is 19.3. The highest BCUT2D eigenvalue weighted by atomic mass is 14.2. The van der Waals surface area contributed by atoms with Crippen molar-refractivity contribution in [2.45, 2.75) is 154 Å². The van der Waals surface area contributed by atoms with Crippen molar-refractivity contribution < 1.29 is 0 Å². The first-order chi connectivity index (χ1) is 17.9. The molecule has 2 aromatic rings. The number of rotatable bonds is 24. The molecular weight excluding hydrogens is 432 g/mol. The van der Waals surface area contributed by atoms with Gasteiger partial charge in [-0.05, 0) is 17.5 Å². The molecule has 2 aromatic carbocycles. The molecule has 0 fully saturated rings. The Balaban J connectivity index is 1.35. The molecule has 0 aromatic heterocycles. The predicted molar refractivity (Wildman–Crippen MR) is 162 cm³/mol. The second-order valence-electron chi connectivity index (χ2n) is 11.2.